The van der Waals surface area contributed by atoms with E-state index in [-0.39, 0.29) is 11.9 Å². The molecule has 0 unspecified atom stereocenters. The zero-order chi connectivity index (χ0) is 11.7. The highest BCUT2D eigenvalue weighted by Gasteiger charge is 2.27. The highest BCUT2D eigenvalue weighted by Crippen LogP contribution is 2.20. The van der Waals surface area contributed by atoms with Crippen molar-refractivity contribution in [1.29, 1.82) is 0 Å². The van der Waals surface area contributed by atoms with Crippen LogP contribution in [0, 0.1) is 5.82 Å². The monoisotopic (exact) mass is 286 g/mol. The first-order valence-corrected chi connectivity index (χ1v) is 5.82. The first-order valence-electron chi connectivity index (χ1n) is 5.02. The maximum Gasteiger partial charge on any atom is 0.255 e. The molecule has 0 aliphatic carbocycles. The predicted molar refractivity (Wildman–Crippen MR) is 62.9 cm³/mol. The summed E-state index contributed by atoms with van der Waals surface area (Å²) in [6, 6.07) is 4.35. The molecular weight excluding hydrogens is 275 g/mol. The van der Waals surface area contributed by atoms with Crippen molar-refractivity contribution in [2.45, 2.75) is 6.04 Å². The van der Waals surface area contributed by atoms with Crippen LogP contribution in [0.1, 0.15) is 10.4 Å². The standard InChI is InChI=1S/C11H12BrFN2O/c1-15(8-5-14-6-8)11(16)9-4-7(13)2-3-10(9)12/h2-4,8,14H,5-6H2,1H3. The minimum atomic E-state index is -0.397. The number of benzene rings is 1. The van der Waals surface area contributed by atoms with Gasteiger partial charge in [0.05, 0.1) is 11.6 Å². The minimum absolute atomic E-state index is 0.155. The number of likely N-dealkylation sites (N-methyl/N-ethyl adjacent to an activating group) is 1. The molecule has 1 fully saturated rings. The SMILES string of the molecule is CN(C(=O)c1cc(F)ccc1Br)C1CNC1. The molecule has 2 rings (SSSR count). The maximum absolute atomic E-state index is 13.1. The van der Waals surface area contributed by atoms with Gasteiger partial charge in [0.25, 0.3) is 5.91 Å². The predicted octanol–water partition coefficient (Wildman–Crippen LogP) is 1.63. The molecule has 86 valence electrons. The topological polar surface area (TPSA) is 32.3 Å². The highest BCUT2D eigenvalue weighted by atomic mass is 79.9. The molecule has 1 aliphatic heterocycles. The van der Waals surface area contributed by atoms with Gasteiger partial charge < -0.3 is 10.2 Å². The summed E-state index contributed by atoms with van der Waals surface area (Å²) in [5.41, 5.74) is 0.370. The lowest BCUT2D eigenvalue weighted by Gasteiger charge is -2.35. The third-order valence-electron chi connectivity index (χ3n) is 2.79. The number of nitrogens with zero attached hydrogens (tertiary/aromatic N) is 1. The molecule has 5 heteroatoms. The van der Waals surface area contributed by atoms with E-state index in [1.165, 1.54) is 12.1 Å². The quantitative estimate of drug-likeness (QED) is 0.896. The summed E-state index contributed by atoms with van der Waals surface area (Å²) in [7, 11) is 1.74. The van der Waals surface area contributed by atoms with Crippen LogP contribution in [0.5, 0.6) is 0 Å². The van der Waals surface area contributed by atoms with E-state index < -0.39 is 5.82 Å². The van der Waals surface area contributed by atoms with Gasteiger partial charge in [-0.25, -0.2) is 4.39 Å². The van der Waals surface area contributed by atoms with Crippen molar-refractivity contribution in [1.82, 2.24) is 10.2 Å². The van der Waals surface area contributed by atoms with Crippen LogP contribution in [0.2, 0.25) is 0 Å². The van der Waals surface area contributed by atoms with Crippen molar-refractivity contribution in [2.24, 2.45) is 0 Å². The molecule has 3 nitrogen and oxygen atoms in total. The Labute approximate surface area is 102 Å². The van der Waals surface area contributed by atoms with Gasteiger partial charge >= 0.3 is 0 Å². The van der Waals surface area contributed by atoms with Crippen LogP contribution < -0.4 is 5.32 Å². The van der Waals surface area contributed by atoms with Gasteiger partial charge in [-0.15, -0.1) is 0 Å². The molecule has 1 heterocycles. The Morgan fingerprint density at radius 1 is 1.56 bits per heavy atom. The van der Waals surface area contributed by atoms with Gasteiger partial charge in [-0.3, -0.25) is 4.79 Å². The summed E-state index contributed by atoms with van der Waals surface area (Å²) in [6.45, 7) is 1.60. The highest BCUT2D eigenvalue weighted by molar-refractivity contribution is 9.10. The lowest BCUT2D eigenvalue weighted by molar-refractivity contribution is 0.0680. The van der Waals surface area contributed by atoms with Crippen molar-refractivity contribution in [2.75, 3.05) is 20.1 Å². The summed E-state index contributed by atoms with van der Waals surface area (Å²) in [5, 5.41) is 3.09. The van der Waals surface area contributed by atoms with E-state index in [2.05, 4.69) is 21.2 Å². The second kappa shape index (κ2) is 4.51. The third kappa shape index (κ3) is 2.10. The van der Waals surface area contributed by atoms with Gasteiger partial charge in [0.15, 0.2) is 0 Å². The Kier molecular flexibility index (Phi) is 3.25. The van der Waals surface area contributed by atoms with E-state index in [1.807, 2.05) is 0 Å². The molecular formula is C11H12BrFN2O. The normalized spacial score (nSPS) is 15.7. The van der Waals surface area contributed by atoms with E-state index >= 15 is 0 Å². The van der Waals surface area contributed by atoms with Gasteiger partial charge in [0.1, 0.15) is 5.82 Å². The van der Waals surface area contributed by atoms with Crippen molar-refractivity contribution in [3.63, 3.8) is 0 Å². The van der Waals surface area contributed by atoms with Crippen molar-refractivity contribution in [3.8, 4) is 0 Å². The fourth-order valence-electron chi connectivity index (χ4n) is 1.56. The van der Waals surface area contributed by atoms with Crippen molar-refractivity contribution in [3.05, 3.63) is 34.1 Å². The maximum atomic E-state index is 13.1. The number of hydrogen-bond donors (Lipinski definition) is 1. The Bertz CT molecular complexity index is 420. The van der Waals surface area contributed by atoms with Crippen LogP contribution in [0.15, 0.2) is 22.7 Å². The molecule has 0 radical (unpaired) electrons. The van der Waals surface area contributed by atoms with E-state index in [1.54, 1.807) is 18.0 Å². The van der Waals surface area contributed by atoms with Gasteiger partial charge in [-0.05, 0) is 34.1 Å². The molecule has 0 aromatic heterocycles. The van der Waals surface area contributed by atoms with Crippen LogP contribution in [-0.2, 0) is 0 Å². The van der Waals surface area contributed by atoms with Crippen molar-refractivity contribution < 1.29 is 9.18 Å². The molecule has 1 saturated heterocycles. The largest absolute Gasteiger partial charge is 0.336 e. The average Bonchev–Trinajstić information content (AvgIpc) is 2.18. The lowest BCUT2D eigenvalue weighted by Crippen LogP contribution is -2.57. The van der Waals surface area contributed by atoms with Gasteiger partial charge in [-0.2, -0.15) is 0 Å². The second-order valence-electron chi connectivity index (χ2n) is 3.85. The molecule has 0 spiro atoms. The first-order chi connectivity index (χ1) is 7.59. The molecule has 1 amide bonds. The molecule has 0 bridgehead atoms. The van der Waals surface area contributed by atoms with Crippen LogP contribution in [0.4, 0.5) is 4.39 Å². The lowest BCUT2D eigenvalue weighted by atomic mass is 10.1. The fraction of sp³-hybridized carbons (Fsp3) is 0.364. The number of carbonyl (C=O) groups excluding carboxylic acids is 1. The molecule has 1 aliphatic rings. The van der Waals surface area contributed by atoms with Crippen LogP contribution in [0.25, 0.3) is 0 Å². The molecule has 0 saturated carbocycles. The first kappa shape index (κ1) is 11.5. The van der Waals surface area contributed by atoms with Gasteiger partial charge in [0.2, 0.25) is 0 Å². The van der Waals surface area contributed by atoms with E-state index in [9.17, 15) is 9.18 Å². The zero-order valence-corrected chi connectivity index (χ0v) is 10.4. The summed E-state index contributed by atoms with van der Waals surface area (Å²) in [6.07, 6.45) is 0. The minimum Gasteiger partial charge on any atom is -0.336 e. The molecule has 1 aromatic carbocycles. The Hall–Kier alpha value is -0.940. The molecule has 0 atom stereocenters. The van der Waals surface area contributed by atoms with E-state index in [0.29, 0.717) is 10.0 Å². The number of nitrogens with one attached hydrogen (secondary N) is 1. The third-order valence-corrected chi connectivity index (χ3v) is 3.48. The molecule has 1 N–H and O–H groups in total. The Balaban J connectivity index is 2.22. The summed E-state index contributed by atoms with van der Waals surface area (Å²) < 4.78 is 13.7. The fourth-order valence-corrected chi connectivity index (χ4v) is 1.98. The number of halogens is 2. The zero-order valence-electron chi connectivity index (χ0n) is 8.84. The number of hydrogen-bond acceptors (Lipinski definition) is 2. The number of amides is 1. The smallest absolute Gasteiger partial charge is 0.255 e. The van der Waals surface area contributed by atoms with Gasteiger partial charge in [-0.1, -0.05) is 0 Å². The average molecular weight is 287 g/mol. The van der Waals surface area contributed by atoms with Crippen LogP contribution in [0.3, 0.4) is 0 Å². The number of rotatable bonds is 2. The molecule has 16 heavy (non-hydrogen) atoms. The molecule has 1 aromatic rings. The van der Waals surface area contributed by atoms with Crippen LogP contribution >= 0.6 is 15.9 Å². The van der Waals surface area contributed by atoms with Crippen LogP contribution in [-0.4, -0.2) is 37.0 Å². The van der Waals surface area contributed by atoms with E-state index in [4.69, 9.17) is 0 Å². The number of carbonyl (C=O) groups is 1. The summed E-state index contributed by atoms with van der Waals surface area (Å²) in [5.74, 6) is -0.551. The Morgan fingerprint density at radius 3 is 2.81 bits per heavy atom. The summed E-state index contributed by atoms with van der Waals surface area (Å²) in [4.78, 5) is 13.7. The second-order valence-corrected chi connectivity index (χ2v) is 4.71. The van der Waals surface area contributed by atoms with E-state index in [0.717, 1.165) is 13.1 Å². The van der Waals surface area contributed by atoms with Crippen molar-refractivity contribution >= 4 is 21.8 Å². The van der Waals surface area contributed by atoms with Gasteiger partial charge in [0, 0.05) is 24.6 Å². The summed E-state index contributed by atoms with van der Waals surface area (Å²) >= 11 is 3.26. The Morgan fingerprint density at radius 2 is 2.25 bits per heavy atom.